The molecule has 3 aliphatic carbocycles. The monoisotopic (exact) mass is 396 g/mol. The average molecular weight is 397 g/mol. The van der Waals surface area contributed by atoms with Gasteiger partial charge in [-0.1, -0.05) is 76.6 Å². The smallest absolute Gasteiger partial charge is 0.0583 e. The Morgan fingerprint density at radius 2 is 1.79 bits per heavy atom. The molecule has 0 amide bonds. The molecule has 29 heavy (non-hydrogen) atoms. The summed E-state index contributed by atoms with van der Waals surface area (Å²) >= 11 is 0. The summed E-state index contributed by atoms with van der Waals surface area (Å²) in [6, 6.07) is 0. The molecule has 0 radical (unpaired) electrons. The van der Waals surface area contributed by atoms with Gasteiger partial charge in [0.25, 0.3) is 0 Å². The summed E-state index contributed by atoms with van der Waals surface area (Å²) in [5.41, 5.74) is 4.61. The van der Waals surface area contributed by atoms with E-state index in [0.717, 1.165) is 37.0 Å². The zero-order chi connectivity index (χ0) is 21.2. The van der Waals surface area contributed by atoms with Gasteiger partial charge in [0.2, 0.25) is 0 Å². The lowest BCUT2D eigenvalue weighted by atomic mass is 9.61. The molecule has 3 fully saturated rings. The highest BCUT2D eigenvalue weighted by molar-refractivity contribution is 5.36. The summed E-state index contributed by atoms with van der Waals surface area (Å²) in [5.74, 6) is 3.58. The first kappa shape index (κ1) is 22.6. The van der Waals surface area contributed by atoms with E-state index < -0.39 is 0 Å². The van der Waals surface area contributed by atoms with Gasteiger partial charge < -0.3 is 5.11 Å². The van der Waals surface area contributed by atoms with E-state index in [9.17, 15) is 5.11 Å². The molecule has 1 N–H and O–H groups in total. The molecule has 0 aromatic heterocycles. The minimum atomic E-state index is -0.182. The molecule has 0 bridgehead atoms. The van der Waals surface area contributed by atoms with E-state index in [2.05, 4.69) is 65.5 Å². The number of fused-ring (bicyclic) bond motifs is 1. The van der Waals surface area contributed by atoms with Crippen LogP contribution in [0, 0.1) is 35.0 Å². The van der Waals surface area contributed by atoms with Gasteiger partial charge in [-0.05, 0) is 91.9 Å². The van der Waals surface area contributed by atoms with Crippen LogP contribution in [0.1, 0.15) is 86.0 Å². The molecular weight excluding hydrogens is 352 g/mol. The van der Waals surface area contributed by atoms with Gasteiger partial charge in [0.15, 0.2) is 0 Å². The fraction of sp³-hybridized carbons (Fsp3) is 0.714. The van der Waals surface area contributed by atoms with Crippen molar-refractivity contribution in [1.82, 2.24) is 0 Å². The van der Waals surface area contributed by atoms with Crippen molar-refractivity contribution in [2.24, 2.45) is 35.0 Å². The predicted molar refractivity (Wildman–Crippen MR) is 126 cm³/mol. The van der Waals surface area contributed by atoms with Crippen molar-refractivity contribution < 1.29 is 5.11 Å². The summed E-state index contributed by atoms with van der Waals surface area (Å²) in [6.45, 7) is 16.3. The van der Waals surface area contributed by atoms with Crippen LogP contribution >= 0.6 is 0 Å². The van der Waals surface area contributed by atoms with Crippen molar-refractivity contribution in [2.75, 3.05) is 0 Å². The number of rotatable bonds is 5. The number of aliphatic hydroxyl groups is 1. The van der Waals surface area contributed by atoms with E-state index in [1.165, 1.54) is 43.3 Å². The largest absolute Gasteiger partial charge is 0.393 e. The van der Waals surface area contributed by atoms with Crippen molar-refractivity contribution >= 4 is 0 Å². The molecule has 162 valence electrons. The third-order valence-corrected chi connectivity index (χ3v) is 8.63. The maximum atomic E-state index is 10.0. The van der Waals surface area contributed by atoms with Crippen LogP contribution in [-0.4, -0.2) is 11.2 Å². The highest BCUT2D eigenvalue weighted by Crippen LogP contribution is 2.59. The van der Waals surface area contributed by atoms with Gasteiger partial charge in [-0.3, -0.25) is 0 Å². The third kappa shape index (κ3) is 4.98. The molecule has 6 atom stereocenters. The van der Waals surface area contributed by atoms with Crippen molar-refractivity contribution in [2.45, 2.75) is 92.1 Å². The second kappa shape index (κ2) is 9.38. The number of hydrogen-bond donors (Lipinski definition) is 1. The summed E-state index contributed by atoms with van der Waals surface area (Å²) in [4.78, 5) is 0. The fourth-order valence-corrected chi connectivity index (χ4v) is 6.25. The first-order valence-corrected chi connectivity index (χ1v) is 12.2. The first-order chi connectivity index (χ1) is 13.7. The number of allylic oxidation sites excluding steroid dienone is 6. The fourth-order valence-electron chi connectivity index (χ4n) is 6.25. The van der Waals surface area contributed by atoms with Gasteiger partial charge in [-0.15, -0.1) is 0 Å². The Bertz CT molecular complexity index is 678. The highest BCUT2D eigenvalue weighted by atomic mass is 16.3. The Morgan fingerprint density at radius 3 is 2.52 bits per heavy atom. The van der Waals surface area contributed by atoms with Gasteiger partial charge in [0.1, 0.15) is 0 Å². The second-order valence-electron chi connectivity index (χ2n) is 10.9. The Balaban J connectivity index is 1.75. The van der Waals surface area contributed by atoms with E-state index in [4.69, 9.17) is 0 Å². The maximum Gasteiger partial charge on any atom is 0.0583 e. The van der Waals surface area contributed by atoms with Crippen LogP contribution in [0.3, 0.4) is 0 Å². The maximum absolute atomic E-state index is 10.0. The molecule has 3 aliphatic rings. The lowest BCUT2D eigenvalue weighted by Crippen LogP contribution is -2.35. The topological polar surface area (TPSA) is 20.2 Å². The Labute approximate surface area is 180 Å². The van der Waals surface area contributed by atoms with Gasteiger partial charge in [0, 0.05) is 0 Å². The first-order valence-electron chi connectivity index (χ1n) is 12.2. The minimum absolute atomic E-state index is 0.182. The van der Waals surface area contributed by atoms with Crippen molar-refractivity contribution in [1.29, 1.82) is 0 Å². The van der Waals surface area contributed by atoms with Crippen molar-refractivity contribution in [3.8, 4) is 0 Å². The van der Waals surface area contributed by atoms with E-state index >= 15 is 0 Å². The van der Waals surface area contributed by atoms with Crippen LogP contribution in [0.25, 0.3) is 0 Å². The van der Waals surface area contributed by atoms with Gasteiger partial charge in [0.05, 0.1) is 6.10 Å². The lowest BCUT2D eigenvalue weighted by Gasteiger charge is -2.44. The zero-order valence-electron chi connectivity index (χ0n) is 19.6. The van der Waals surface area contributed by atoms with Crippen LogP contribution in [0.4, 0.5) is 0 Å². The molecule has 3 saturated carbocycles. The Morgan fingerprint density at radius 1 is 1.03 bits per heavy atom. The van der Waals surface area contributed by atoms with Crippen LogP contribution in [0.2, 0.25) is 0 Å². The van der Waals surface area contributed by atoms with E-state index in [-0.39, 0.29) is 6.10 Å². The lowest BCUT2D eigenvalue weighted by molar-refractivity contribution is 0.112. The Hall–Kier alpha value is -1.08. The molecule has 0 saturated heterocycles. The number of aliphatic hydroxyl groups excluding tert-OH is 1. The van der Waals surface area contributed by atoms with Gasteiger partial charge in [-0.2, -0.15) is 0 Å². The second-order valence-corrected chi connectivity index (χ2v) is 10.9. The summed E-state index contributed by atoms with van der Waals surface area (Å²) < 4.78 is 0. The molecule has 1 heteroatoms. The molecule has 0 aliphatic heterocycles. The molecule has 1 nitrogen and oxygen atoms in total. The third-order valence-electron chi connectivity index (χ3n) is 8.63. The van der Waals surface area contributed by atoms with E-state index in [0.29, 0.717) is 17.3 Å². The van der Waals surface area contributed by atoms with Crippen molar-refractivity contribution in [3.63, 3.8) is 0 Å². The molecule has 3 unspecified atom stereocenters. The van der Waals surface area contributed by atoms with Crippen LogP contribution in [-0.2, 0) is 0 Å². The van der Waals surface area contributed by atoms with Crippen LogP contribution < -0.4 is 0 Å². The van der Waals surface area contributed by atoms with Gasteiger partial charge >= 0.3 is 0 Å². The Kier molecular flexibility index (Phi) is 7.31. The van der Waals surface area contributed by atoms with E-state index in [1.54, 1.807) is 5.57 Å². The molecule has 0 aromatic rings. The highest BCUT2D eigenvalue weighted by Gasteiger charge is 2.50. The van der Waals surface area contributed by atoms with E-state index in [1.807, 2.05) is 0 Å². The molecule has 0 aromatic carbocycles. The standard InChI is InChI=1S/C28H44O/c1-19(2)20(3)9-10-22(5)26-15-16-27-23(8-7-17-28(26,27)6)12-13-24-18-25(29)14-11-21(24)4/h9-10,12-13,19-20,22,25-27,29H,4,7-8,11,14-18H2,1-3,5-6H3/b10-9+,23-12+,24-13-/t20?,22-,25+,26?,27?,28-/m1/s1. The predicted octanol–water partition coefficient (Wildman–Crippen LogP) is 7.64. The summed E-state index contributed by atoms with van der Waals surface area (Å²) in [5, 5.41) is 10.0. The van der Waals surface area contributed by atoms with Crippen molar-refractivity contribution in [3.05, 3.63) is 47.6 Å². The summed E-state index contributed by atoms with van der Waals surface area (Å²) in [6.07, 6.45) is 18.8. The van der Waals surface area contributed by atoms with Gasteiger partial charge in [-0.25, -0.2) is 0 Å². The average Bonchev–Trinajstić information content (AvgIpc) is 3.04. The molecular formula is C28H44O. The number of hydrogen-bond acceptors (Lipinski definition) is 1. The normalized spacial score (nSPS) is 38.2. The quantitative estimate of drug-likeness (QED) is 0.473. The summed E-state index contributed by atoms with van der Waals surface area (Å²) in [7, 11) is 0. The zero-order valence-corrected chi connectivity index (χ0v) is 19.6. The minimum Gasteiger partial charge on any atom is -0.393 e. The molecule has 0 heterocycles. The van der Waals surface area contributed by atoms with Crippen LogP contribution in [0.15, 0.2) is 47.6 Å². The SMILES string of the molecule is C=C1CC[C@H](O)C/C1=C/C=C1\CCC[C@@]2(C)C1CCC2[C@H](C)/C=C/C(C)C(C)C. The van der Waals surface area contributed by atoms with Crippen LogP contribution in [0.5, 0.6) is 0 Å². The molecule has 3 rings (SSSR count). The molecule has 0 spiro atoms.